The number of halogens is 1. The quantitative estimate of drug-likeness (QED) is 0.0368. The van der Waals surface area contributed by atoms with Crippen molar-refractivity contribution in [1.29, 1.82) is 0 Å². The highest BCUT2D eigenvalue weighted by molar-refractivity contribution is 6.03. The SMILES string of the molecule is C=CCO[C@@]12Oc3ccc(Oc4cccc([N+](=O)[O-])c4)cc3[C@H]3[C@H](CCCCO)[C@@H](CCCCO)C=C(C(=NOC)C[C@@H]1N(Cc1ccc(F)cc1)C(=O)Oc1ccc([N+](=O)[O-])cc1)[C@H]32. The van der Waals surface area contributed by atoms with E-state index in [0.29, 0.717) is 54.9 Å². The van der Waals surface area contributed by atoms with Gasteiger partial charge in [-0.2, -0.15) is 0 Å². The van der Waals surface area contributed by atoms with Crippen molar-refractivity contribution in [3.63, 3.8) is 0 Å². The zero-order valence-electron chi connectivity index (χ0n) is 35.8. The Hall–Kier alpha value is -6.69. The average Bonchev–Trinajstić information content (AvgIpc) is 3.30. The second-order valence-electron chi connectivity index (χ2n) is 16.2. The summed E-state index contributed by atoms with van der Waals surface area (Å²) in [5, 5.41) is 47.5. The number of ether oxygens (including phenoxy) is 4. The van der Waals surface area contributed by atoms with Crippen LogP contribution in [0.4, 0.5) is 20.6 Å². The van der Waals surface area contributed by atoms with Crippen LogP contribution in [0.1, 0.15) is 62.0 Å². The van der Waals surface area contributed by atoms with Crippen LogP contribution in [-0.2, 0) is 16.1 Å². The Morgan fingerprint density at radius 1 is 0.923 bits per heavy atom. The predicted molar refractivity (Wildman–Crippen MR) is 236 cm³/mol. The molecule has 4 aromatic carbocycles. The molecule has 0 unspecified atom stereocenters. The molecule has 2 aliphatic carbocycles. The van der Waals surface area contributed by atoms with E-state index in [2.05, 4.69) is 17.8 Å². The lowest BCUT2D eigenvalue weighted by atomic mass is 9.55. The largest absolute Gasteiger partial charge is 0.459 e. The number of hydrogen-bond acceptors (Lipinski definition) is 13. The molecule has 1 saturated carbocycles. The monoisotopic (exact) mass is 894 g/mol. The van der Waals surface area contributed by atoms with Crippen molar-refractivity contribution in [2.45, 2.75) is 69.2 Å². The molecule has 0 aromatic heterocycles. The van der Waals surface area contributed by atoms with Crippen LogP contribution < -0.4 is 14.2 Å². The number of nitrogens with zero attached hydrogens (tertiary/aromatic N) is 4. The molecular formula is C48H51FN4O12. The fourth-order valence-electron chi connectivity index (χ4n) is 9.50. The fourth-order valence-corrected chi connectivity index (χ4v) is 9.50. The van der Waals surface area contributed by atoms with E-state index in [1.165, 1.54) is 66.6 Å². The van der Waals surface area contributed by atoms with Crippen LogP contribution in [0.3, 0.4) is 0 Å². The Morgan fingerprint density at radius 2 is 1.62 bits per heavy atom. The van der Waals surface area contributed by atoms with Gasteiger partial charge in [0.2, 0.25) is 5.79 Å². The fraction of sp³-hybridized carbons (Fsp3) is 0.375. The van der Waals surface area contributed by atoms with E-state index in [9.17, 15) is 39.6 Å². The third-order valence-corrected chi connectivity index (χ3v) is 12.2. The number of benzene rings is 4. The van der Waals surface area contributed by atoms with Gasteiger partial charge >= 0.3 is 6.09 Å². The highest BCUT2D eigenvalue weighted by Gasteiger charge is 2.65. The summed E-state index contributed by atoms with van der Waals surface area (Å²) >= 11 is 0. The molecule has 1 fully saturated rings. The number of non-ortho nitro benzene ring substituents is 2. The van der Waals surface area contributed by atoms with Gasteiger partial charge in [0.15, 0.2) is 0 Å². The summed E-state index contributed by atoms with van der Waals surface area (Å²) in [5.74, 6) is -2.40. The minimum absolute atomic E-state index is 0.00764. The Kier molecular flexibility index (Phi) is 14.9. The number of carbonyl (C=O) groups is 1. The van der Waals surface area contributed by atoms with Gasteiger partial charge < -0.3 is 34.0 Å². The number of carbonyl (C=O) groups excluding carboxylic acids is 1. The first-order valence-corrected chi connectivity index (χ1v) is 21.5. The minimum Gasteiger partial charge on any atom is -0.459 e. The molecule has 3 aliphatic rings. The molecule has 0 radical (unpaired) electrons. The van der Waals surface area contributed by atoms with Gasteiger partial charge in [0.1, 0.15) is 42.0 Å². The van der Waals surface area contributed by atoms with Crippen molar-refractivity contribution in [3.8, 4) is 23.0 Å². The number of oxime groups is 1. The molecule has 1 aliphatic heterocycles. The van der Waals surface area contributed by atoms with Gasteiger partial charge in [-0.25, -0.2) is 9.18 Å². The van der Waals surface area contributed by atoms with Crippen molar-refractivity contribution >= 4 is 23.2 Å². The van der Waals surface area contributed by atoms with E-state index in [4.69, 9.17) is 23.8 Å². The highest BCUT2D eigenvalue weighted by atomic mass is 19.1. The first kappa shape index (κ1) is 46.3. The Bertz CT molecular complexity index is 2410. The molecule has 65 heavy (non-hydrogen) atoms. The van der Waals surface area contributed by atoms with Gasteiger partial charge in [0, 0.05) is 55.9 Å². The summed E-state index contributed by atoms with van der Waals surface area (Å²) in [4.78, 5) is 43.9. The van der Waals surface area contributed by atoms with Gasteiger partial charge in [-0.1, -0.05) is 48.3 Å². The lowest BCUT2D eigenvalue weighted by molar-refractivity contribution is -0.385. The first-order valence-electron chi connectivity index (χ1n) is 21.5. The molecular weight excluding hydrogens is 844 g/mol. The van der Waals surface area contributed by atoms with Crippen molar-refractivity contribution in [2.75, 3.05) is 26.9 Å². The second-order valence-corrected chi connectivity index (χ2v) is 16.2. The average molecular weight is 895 g/mol. The van der Waals surface area contributed by atoms with E-state index in [-0.39, 0.29) is 67.5 Å². The topological polar surface area (TPSA) is 206 Å². The van der Waals surface area contributed by atoms with Crippen molar-refractivity contribution in [2.24, 2.45) is 22.9 Å². The highest BCUT2D eigenvalue weighted by Crippen LogP contribution is 2.62. The molecule has 1 amide bonds. The lowest BCUT2D eigenvalue weighted by Gasteiger charge is -2.59. The number of allylic oxidation sites excluding steroid dienone is 1. The van der Waals surface area contributed by atoms with Crippen LogP contribution in [0.5, 0.6) is 23.0 Å². The molecule has 342 valence electrons. The van der Waals surface area contributed by atoms with Crippen LogP contribution in [-0.4, -0.2) is 75.5 Å². The standard InChI is InChI=1S/C48H51FN4O12/c1-3-25-62-48-44(51(30-31-13-15-33(49)16-14-31)47(56)64-36-19-17-34(18-20-36)52(57)58)29-42(50-61-2)40-26-32(9-4-6-23-54)39(12-5-7-24-55)45(46(40)48)41-28-38(21-22-43(41)65-48)63-37-11-8-10-35(27-37)53(59)60/h3,8,10-11,13-22,26-28,32,39,44-46,54-55H,1,4-7,9,12,23-25,29-30H2,2H3/t32-,39+,44-,45+,46+,48+/m0/s1. The molecule has 0 saturated heterocycles. The summed E-state index contributed by atoms with van der Waals surface area (Å²) in [6.07, 6.45) is 6.81. The van der Waals surface area contributed by atoms with Crippen LogP contribution in [0.2, 0.25) is 0 Å². The molecule has 6 atom stereocenters. The van der Waals surface area contributed by atoms with E-state index in [1.807, 2.05) is 6.07 Å². The normalized spacial score (nSPS) is 22.4. The van der Waals surface area contributed by atoms with Crippen molar-refractivity contribution < 1.29 is 53.0 Å². The number of nitro groups is 2. The van der Waals surface area contributed by atoms with Gasteiger partial charge in [-0.15, -0.1) is 6.58 Å². The first-order chi connectivity index (χ1) is 31.5. The third-order valence-electron chi connectivity index (χ3n) is 12.2. The number of hydrogen-bond donors (Lipinski definition) is 2. The van der Waals surface area contributed by atoms with E-state index in [0.717, 1.165) is 17.6 Å². The third kappa shape index (κ3) is 10.2. The van der Waals surface area contributed by atoms with E-state index in [1.54, 1.807) is 36.4 Å². The zero-order valence-corrected chi connectivity index (χ0v) is 35.8. The lowest BCUT2D eigenvalue weighted by Crippen LogP contribution is -2.70. The van der Waals surface area contributed by atoms with Crippen LogP contribution in [0.15, 0.2) is 120 Å². The summed E-state index contributed by atoms with van der Waals surface area (Å²) in [7, 11) is 1.43. The van der Waals surface area contributed by atoms with Gasteiger partial charge in [0.25, 0.3) is 11.4 Å². The molecule has 7 rings (SSSR count). The summed E-state index contributed by atoms with van der Waals surface area (Å²) < 4.78 is 40.8. The molecule has 1 heterocycles. The number of nitro benzene ring substituents is 2. The predicted octanol–water partition coefficient (Wildman–Crippen LogP) is 9.40. The molecule has 0 bridgehead atoms. The maximum Gasteiger partial charge on any atom is 0.416 e. The number of unbranched alkanes of at least 4 members (excludes halogenated alkanes) is 2. The van der Waals surface area contributed by atoms with Crippen LogP contribution >= 0.6 is 0 Å². The number of rotatable bonds is 20. The minimum atomic E-state index is -1.69. The number of aliphatic hydroxyl groups is 2. The van der Waals surface area contributed by atoms with Gasteiger partial charge in [0.05, 0.1) is 34.1 Å². The maximum absolute atomic E-state index is 14.8. The Balaban J connectivity index is 1.44. The van der Waals surface area contributed by atoms with Crippen molar-refractivity contribution in [3.05, 3.63) is 152 Å². The number of aliphatic hydroxyl groups excluding tert-OH is 2. The molecule has 0 spiro atoms. The molecule has 17 heteroatoms. The maximum atomic E-state index is 14.8. The summed E-state index contributed by atoms with van der Waals surface area (Å²) in [5.41, 5.74) is 2.23. The number of fused-ring (bicyclic) bond motifs is 2. The molecule has 4 aromatic rings. The van der Waals surface area contributed by atoms with Crippen LogP contribution in [0.25, 0.3) is 0 Å². The molecule has 2 N–H and O–H groups in total. The summed E-state index contributed by atoms with van der Waals surface area (Å²) in [6, 6.07) is 20.9. The van der Waals surface area contributed by atoms with Gasteiger partial charge in [-0.3, -0.25) is 25.1 Å². The smallest absolute Gasteiger partial charge is 0.416 e. The molecule has 16 nitrogen and oxygen atoms in total. The number of amides is 1. The van der Waals surface area contributed by atoms with Crippen LogP contribution in [0, 0.1) is 43.8 Å². The Labute approximate surface area is 374 Å². The summed E-state index contributed by atoms with van der Waals surface area (Å²) in [6.45, 7) is 3.82. The van der Waals surface area contributed by atoms with E-state index >= 15 is 0 Å². The van der Waals surface area contributed by atoms with E-state index < -0.39 is 45.4 Å². The second kappa shape index (κ2) is 20.9. The van der Waals surface area contributed by atoms with Crippen molar-refractivity contribution in [1.82, 2.24) is 4.90 Å². The van der Waals surface area contributed by atoms with Gasteiger partial charge in [-0.05, 0) is 97.2 Å². The zero-order chi connectivity index (χ0) is 46.1. The Morgan fingerprint density at radius 3 is 2.29 bits per heavy atom.